The second kappa shape index (κ2) is 6.40. The molecular formula is C17H17FN2OS. The first-order chi connectivity index (χ1) is 10.6. The molecule has 114 valence electrons. The Balaban J connectivity index is 1.70. The van der Waals surface area contributed by atoms with E-state index in [1.807, 2.05) is 37.3 Å². The second-order valence-corrected chi connectivity index (χ2v) is 6.42. The number of thioether (sulfide) groups is 1. The van der Waals surface area contributed by atoms with Crippen LogP contribution in [0.4, 0.5) is 14.9 Å². The molecule has 0 saturated heterocycles. The monoisotopic (exact) mass is 316 g/mol. The minimum Gasteiger partial charge on any atom is -0.331 e. The number of aryl methyl sites for hydroxylation is 1. The number of carbonyl (C=O) groups excluding carboxylic acids is 1. The van der Waals surface area contributed by atoms with Crippen LogP contribution in [0.25, 0.3) is 0 Å². The average molecular weight is 316 g/mol. The topological polar surface area (TPSA) is 41.1 Å². The van der Waals surface area contributed by atoms with E-state index in [1.54, 1.807) is 6.07 Å². The Labute approximate surface area is 133 Å². The SMILES string of the molecule is Cc1ccc(NC(=O)NC2CCSc3c(F)cccc32)cc1. The van der Waals surface area contributed by atoms with E-state index in [-0.39, 0.29) is 17.9 Å². The third-order valence-corrected chi connectivity index (χ3v) is 4.80. The molecule has 1 aliphatic heterocycles. The van der Waals surface area contributed by atoms with Crippen LogP contribution in [0.15, 0.2) is 47.4 Å². The largest absolute Gasteiger partial charge is 0.331 e. The van der Waals surface area contributed by atoms with Crippen LogP contribution in [0, 0.1) is 12.7 Å². The zero-order chi connectivity index (χ0) is 15.5. The van der Waals surface area contributed by atoms with Crippen LogP contribution < -0.4 is 10.6 Å². The van der Waals surface area contributed by atoms with Crippen LogP contribution in [0.3, 0.4) is 0 Å². The summed E-state index contributed by atoms with van der Waals surface area (Å²) >= 11 is 1.51. The van der Waals surface area contributed by atoms with E-state index in [0.29, 0.717) is 4.90 Å². The molecule has 0 spiro atoms. The summed E-state index contributed by atoms with van der Waals surface area (Å²) in [6.07, 6.45) is 0.794. The van der Waals surface area contributed by atoms with Crippen LogP contribution in [0.1, 0.15) is 23.6 Å². The third-order valence-electron chi connectivity index (χ3n) is 3.64. The Kier molecular flexibility index (Phi) is 4.34. The maximum Gasteiger partial charge on any atom is 0.319 e. The lowest BCUT2D eigenvalue weighted by atomic mass is 10.0. The van der Waals surface area contributed by atoms with Crippen molar-refractivity contribution in [3.05, 3.63) is 59.4 Å². The molecular weight excluding hydrogens is 299 g/mol. The lowest BCUT2D eigenvalue weighted by molar-refractivity contribution is 0.248. The number of amides is 2. The minimum atomic E-state index is -0.268. The molecule has 2 aromatic rings. The maximum absolute atomic E-state index is 13.8. The smallest absolute Gasteiger partial charge is 0.319 e. The highest BCUT2D eigenvalue weighted by Crippen LogP contribution is 2.37. The van der Waals surface area contributed by atoms with E-state index in [2.05, 4.69) is 10.6 Å². The van der Waals surface area contributed by atoms with Gasteiger partial charge in [0.15, 0.2) is 0 Å². The number of anilines is 1. The molecule has 5 heteroatoms. The number of hydrogen-bond donors (Lipinski definition) is 2. The molecule has 0 aliphatic carbocycles. The summed E-state index contributed by atoms with van der Waals surface area (Å²) in [6.45, 7) is 2.00. The highest BCUT2D eigenvalue weighted by Gasteiger charge is 2.24. The molecule has 0 bridgehead atoms. The molecule has 3 nitrogen and oxygen atoms in total. The van der Waals surface area contributed by atoms with Gasteiger partial charge in [0.2, 0.25) is 0 Å². The van der Waals surface area contributed by atoms with Crippen molar-refractivity contribution < 1.29 is 9.18 Å². The van der Waals surface area contributed by atoms with Crippen LogP contribution >= 0.6 is 11.8 Å². The summed E-state index contributed by atoms with van der Waals surface area (Å²) in [4.78, 5) is 12.8. The first kappa shape index (κ1) is 14.9. The van der Waals surface area contributed by atoms with E-state index in [9.17, 15) is 9.18 Å². The molecule has 22 heavy (non-hydrogen) atoms. The van der Waals surface area contributed by atoms with Gasteiger partial charge in [-0.25, -0.2) is 9.18 Å². The Morgan fingerprint density at radius 1 is 1.23 bits per heavy atom. The fourth-order valence-corrected chi connectivity index (χ4v) is 3.64. The van der Waals surface area contributed by atoms with E-state index < -0.39 is 0 Å². The molecule has 1 atom stereocenters. The number of halogens is 1. The zero-order valence-electron chi connectivity index (χ0n) is 12.2. The molecule has 3 rings (SSSR count). The van der Waals surface area contributed by atoms with Gasteiger partial charge in [-0.3, -0.25) is 0 Å². The van der Waals surface area contributed by atoms with E-state index in [0.717, 1.165) is 29.0 Å². The third kappa shape index (κ3) is 3.25. The fourth-order valence-electron chi connectivity index (χ4n) is 2.50. The number of hydrogen-bond acceptors (Lipinski definition) is 2. The second-order valence-electron chi connectivity index (χ2n) is 5.31. The van der Waals surface area contributed by atoms with Gasteiger partial charge in [0.25, 0.3) is 0 Å². The average Bonchev–Trinajstić information content (AvgIpc) is 2.51. The predicted octanol–water partition coefficient (Wildman–Crippen LogP) is 4.49. The Hall–Kier alpha value is -2.01. The van der Waals surface area contributed by atoms with E-state index in [4.69, 9.17) is 0 Å². The molecule has 0 fully saturated rings. The summed E-state index contributed by atoms with van der Waals surface area (Å²) in [5, 5.41) is 5.75. The van der Waals surface area contributed by atoms with Crippen molar-refractivity contribution in [3.63, 3.8) is 0 Å². The van der Waals surface area contributed by atoms with Crippen molar-refractivity contribution in [3.8, 4) is 0 Å². The normalized spacial score (nSPS) is 16.7. The standard InChI is InChI=1S/C17H17FN2OS/c1-11-5-7-12(8-6-11)19-17(21)20-15-9-10-22-16-13(15)3-2-4-14(16)18/h2-8,15H,9-10H2,1H3,(H2,19,20,21). The number of benzene rings is 2. The Morgan fingerprint density at radius 3 is 2.77 bits per heavy atom. The number of rotatable bonds is 2. The molecule has 0 aromatic heterocycles. The summed E-state index contributed by atoms with van der Waals surface area (Å²) in [6, 6.07) is 12.2. The Bertz CT molecular complexity index is 688. The first-order valence-electron chi connectivity index (χ1n) is 7.19. The lowest BCUT2D eigenvalue weighted by Crippen LogP contribution is -2.34. The summed E-state index contributed by atoms with van der Waals surface area (Å²) in [5.74, 6) is 0.580. The van der Waals surface area contributed by atoms with Crippen molar-refractivity contribution >= 4 is 23.5 Å². The maximum atomic E-state index is 13.8. The summed E-state index contributed by atoms with van der Waals surface area (Å²) < 4.78 is 13.8. The quantitative estimate of drug-likeness (QED) is 0.857. The van der Waals surface area contributed by atoms with E-state index in [1.165, 1.54) is 17.8 Å². The molecule has 2 amide bonds. The van der Waals surface area contributed by atoms with Gasteiger partial charge in [-0.15, -0.1) is 11.8 Å². The van der Waals surface area contributed by atoms with Crippen LogP contribution in [0.2, 0.25) is 0 Å². The summed E-state index contributed by atoms with van der Waals surface area (Å²) in [5.41, 5.74) is 2.74. The first-order valence-corrected chi connectivity index (χ1v) is 8.17. The Morgan fingerprint density at radius 2 is 2.00 bits per heavy atom. The molecule has 2 aromatic carbocycles. The summed E-state index contributed by atoms with van der Waals surface area (Å²) in [7, 11) is 0. The van der Waals surface area contributed by atoms with Crippen molar-refractivity contribution in [2.75, 3.05) is 11.1 Å². The van der Waals surface area contributed by atoms with Gasteiger partial charge in [0.1, 0.15) is 5.82 Å². The van der Waals surface area contributed by atoms with Gasteiger partial charge in [-0.2, -0.15) is 0 Å². The van der Waals surface area contributed by atoms with Gasteiger partial charge in [0, 0.05) is 16.3 Å². The van der Waals surface area contributed by atoms with Crippen molar-refractivity contribution in [1.29, 1.82) is 0 Å². The predicted molar refractivity (Wildman–Crippen MR) is 87.8 cm³/mol. The van der Waals surface area contributed by atoms with Gasteiger partial charge in [0.05, 0.1) is 6.04 Å². The number of fused-ring (bicyclic) bond motifs is 1. The molecule has 1 heterocycles. The van der Waals surface area contributed by atoms with E-state index >= 15 is 0 Å². The molecule has 0 radical (unpaired) electrons. The molecule has 0 saturated carbocycles. The van der Waals surface area contributed by atoms with Gasteiger partial charge in [-0.1, -0.05) is 29.8 Å². The van der Waals surface area contributed by atoms with Crippen molar-refractivity contribution in [1.82, 2.24) is 5.32 Å². The fraction of sp³-hybridized carbons (Fsp3) is 0.235. The number of nitrogens with one attached hydrogen (secondary N) is 2. The van der Waals surface area contributed by atoms with Crippen molar-refractivity contribution in [2.45, 2.75) is 24.3 Å². The highest BCUT2D eigenvalue weighted by atomic mass is 32.2. The van der Waals surface area contributed by atoms with Crippen LogP contribution in [0.5, 0.6) is 0 Å². The lowest BCUT2D eigenvalue weighted by Gasteiger charge is -2.26. The number of carbonyl (C=O) groups is 1. The van der Waals surface area contributed by atoms with Crippen molar-refractivity contribution in [2.24, 2.45) is 0 Å². The molecule has 1 unspecified atom stereocenters. The zero-order valence-corrected chi connectivity index (χ0v) is 13.0. The minimum absolute atomic E-state index is 0.155. The van der Waals surface area contributed by atoms with Gasteiger partial charge < -0.3 is 10.6 Å². The van der Waals surface area contributed by atoms with Crippen LogP contribution in [-0.2, 0) is 0 Å². The molecule has 2 N–H and O–H groups in total. The van der Waals surface area contributed by atoms with Gasteiger partial charge >= 0.3 is 6.03 Å². The van der Waals surface area contributed by atoms with Gasteiger partial charge in [-0.05, 0) is 37.1 Å². The number of urea groups is 1. The highest BCUT2D eigenvalue weighted by molar-refractivity contribution is 7.99. The van der Waals surface area contributed by atoms with Crippen LogP contribution in [-0.4, -0.2) is 11.8 Å². The molecule has 1 aliphatic rings.